The molecule has 20 heavy (non-hydrogen) atoms. The predicted molar refractivity (Wildman–Crippen MR) is 81.9 cm³/mol. The topological polar surface area (TPSA) is 73.1 Å². The van der Waals surface area contributed by atoms with Gasteiger partial charge in [-0.3, -0.25) is 0 Å². The van der Waals surface area contributed by atoms with Gasteiger partial charge in [-0.25, -0.2) is 0 Å². The lowest BCUT2D eigenvalue weighted by Gasteiger charge is -2.12. The molecule has 5 nitrogen and oxygen atoms in total. The van der Waals surface area contributed by atoms with Crippen LogP contribution in [0.15, 0.2) is 24.3 Å². The molecule has 1 aromatic heterocycles. The number of anilines is 1. The van der Waals surface area contributed by atoms with Crippen LogP contribution in [0.1, 0.15) is 23.9 Å². The quantitative estimate of drug-likeness (QED) is 0.819. The summed E-state index contributed by atoms with van der Waals surface area (Å²) in [7, 11) is 1.68. The van der Waals surface area contributed by atoms with Crippen LogP contribution in [0.2, 0.25) is 0 Å². The molecule has 1 atom stereocenters. The second-order valence-electron chi connectivity index (χ2n) is 4.70. The number of nitrogens with two attached hydrogens (primary N) is 1. The minimum atomic E-state index is 0.419. The molecule has 0 saturated heterocycles. The van der Waals surface area contributed by atoms with Crippen molar-refractivity contribution in [2.24, 2.45) is 0 Å². The Morgan fingerprint density at radius 3 is 2.65 bits per heavy atom. The van der Waals surface area contributed by atoms with Crippen LogP contribution < -0.4 is 15.8 Å². The predicted octanol–water partition coefficient (Wildman–Crippen LogP) is 2.24. The van der Waals surface area contributed by atoms with Crippen LogP contribution in [-0.2, 0) is 13.0 Å². The van der Waals surface area contributed by atoms with Gasteiger partial charge in [0.25, 0.3) is 0 Å². The molecule has 1 heterocycles. The van der Waals surface area contributed by atoms with Crippen molar-refractivity contribution in [3.05, 3.63) is 34.8 Å². The number of nitrogens with zero attached hydrogens (tertiary/aromatic N) is 2. The molecule has 2 rings (SSSR count). The summed E-state index contributed by atoms with van der Waals surface area (Å²) in [6, 6.07) is 8.63. The van der Waals surface area contributed by atoms with Gasteiger partial charge in [-0.1, -0.05) is 23.5 Å². The van der Waals surface area contributed by atoms with Gasteiger partial charge in [0.15, 0.2) is 0 Å². The maximum absolute atomic E-state index is 5.55. The molecule has 0 aliphatic rings. The van der Waals surface area contributed by atoms with Gasteiger partial charge in [0.1, 0.15) is 10.8 Å². The Morgan fingerprint density at radius 2 is 2.05 bits per heavy atom. The van der Waals surface area contributed by atoms with E-state index in [1.54, 1.807) is 7.11 Å². The normalized spacial score (nSPS) is 12.3. The lowest BCUT2D eigenvalue weighted by Crippen LogP contribution is -2.25. The molecule has 0 aliphatic carbocycles. The highest BCUT2D eigenvalue weighted by Crippen LogP contribution is 2.14. The highest BCUT2D eigenvalue weighted by molar-refractivity contribution is 7.15. The van der Waals surface area contributed by atoms with E-state index in [4.69, 9.17) is 10.5 Å². The fraction of sp³-hybridized carbons (Fsp3) is 0.429. The Labute approximate surface area is 123 Å². The molecule has 0 saturated carbocycles. The first-order valence-corrected chi connectivity index (χ1v) is 7.43. The molecule has 0 amide bonds. The number of aryl methyl sites for hydroxylation is 1. The standard InChI is InChI=1S/C14H20N4OS/c1-10(16-9-13-17-18-14(15)20-13)3-4-11-5-7-12(19-2)8-6-11/h5-8,10,16H,3-4,9H2,1-2H3,(H2,15,18)/t10-/m1/s1. The zero-order valence-corrected chi connectivity index (χ0v) is 12.6. The molecule has 0 fully saturated rings. The summed E-state index contributed by atoms with van der Waals surface area (Å²) in [4.78, 5) is 0. The third kappa shape index (κ3) is 4.47. The molecule has 0 bridgehead atoms. The number of rotatable bonds is 7. The van der Waals surface area contributed by atoms with Gasteiger partial charge in [-0.2, -0.15) is 0 Å². The van der Waals surface area contributed by atoms with E-state index in [0.717, 1.165) is 30.1 Å². The van der Waals surface area contributed by atoms with Crippen LogP contribution in [0.3, 0.4) is 0 Å². The molecule has 1 aromatic carbocycles. The van der Waals surface area contributed by atoms with Crippen LogP contribution in [0.4, 0.5) is 5.13 Å². The smallest absolute Gasteiger partial charge is 0.203 e. The largest absolute Gasteiger partial charge is 0.497 e. The van der Waals surface area contributed by atoms with Crippen LogP contribution in [-0.4, -0.2) is 23.3 Å². The molecule has 0 spiro atoms. The first-order valence-electron chi connectivity index (χ1n) is 6.61. The number of aromatic nitrogens is 2. The zero-order valence-electron chi connectivity index (χ0n) is 11.8. The van der Waals surface area contributed by atoms with Gasteiger partial charge in [0.2, 0.25) is 5.13 Å². The highest BCUT2D eigenvalue weighted by atomic mass is 32.1. The monoisotopic (exact) mass is 292 g/mol. The first kappa shape index (κ1) is 14.7. The third-order valence-electron chi connectivity index (χ3n) is 3.11. The third-order valence-corrected chi connectivity index (χ3v) is 3.86. The van der Waals surface area contributed by atoms with Crippen molar-refractivity contribution >= 4 is 16.5 Å². The van der Waals surface area contributed by atoms with Crippen LogP contribution in [0.5, 0.6) is 5.75 Å². The molecule has 6 heteroatoms. The van der Waals surface area contributed by atoms with Crippen molar-refractivity contribution in [3.8, 4) is 5.75 Å². The van der Waals surface area contributed by atoms with E-state index in [2.05, 4.69) is 34.6 Å². The molecular weight excluding hydrogens is 272 g/mol. The molecule has 108 valence electrons. The fourth-order valence-corrected chi connectivity index (χ4v) is 2.44. The minimum absolute atomic E-state index is 0.419. The van der Waals surface area contributed by atoms with E-state index < -0.39 is 0 Å². The number of nitrogens with one attached hydrogen (secondary N) is 1. The Morgan fingerprint density at radius 1 is 1.30 bits per heavy atom. The van der Waals surface area contributed by atoms with Crippen molar-refractivity contribution in [2.75, 3.05) is 12.8 Å². The Hall–Kier alpha value is -1.66. The molecule has 0 aliphatic heterocycles. The van der Waals surface area contributed by atoms with Gasteiger partial charge in [0.05, 0.1) is 13.7 Å². The molecule has 0 unspecified atom stereocenters. The summed E-state index contributed by atoms with van der Waals surface area (Å²) in [5, 5.41) is 12.7. The summed E-state index contributed by atoms with van der Waals surface area (Å²) < 4.78 is 5.15. The molecular formula is C14H20N4OS. The van der Waals surface area contributed by atoms with Crippen LogP contribution in [0.25, 0.3) is 0 Å². The van der Waals surface area contributed by atoms with E-state index >= 15 is 0 Å². The molecule has 2 aromatic rings. The van der Waals surface area contributed by atoms with Gasteiger partial charge in [0, 0.05) is 6.04 Å². The van der Waals surface area contributed by atoms with Gasteiger partial charge in [-0.05, 0) is 37.5 Å². The average molecular weight is 292 g/mol. The fourth-order valence-electron chi connectivity index (χ4n) is 1.88. The molecule has 3 N–H and O–H groups in total. The van der Waals surface area contributed by atoms with Gasteiger partial charge in [-0.15, -0.1) is 10.2 Å². The summed E-state index contributed by atoms with van der Waals surface area (Å²) in [5.74, 6) is 0.897. The Bertz CT molecular complexity index is 526. The lowest BCUT2D eigenvalue weighted by atomic mass is 10.1. The summed E-state index contributed by atoms with van der Waals surface area (Å²) >= 11 is 1.43. The summed E-state index contributed by atoms with van der Waals surface area (Å²) in [6.07, 6.45) is 2.11. The molecule has 0 radical (unpaired) electrons. The van der Waals surface area contributed by atoms with Crippen molar-refractivity contribution in [2.45, 2.75) is 32.4 Å². The van der Waals surface area contributed by atoms with Crippen molar-refractivity contribution in [1.29, 1.82) is 0 Å². The zero-order chi connectivity index (χ0) is 14.4. The average Bonchev–Trinajstić information content (AvgIpc) is 2.89. The van der Waals surface area contributed by atoms with Gasteiger partial charge < -0.3 is 15.8 Å². The summed E-state index contributed by atoms with van der Waals surface area (Å²) in [5.41, 5.74) is 6.87. The Kier molecular flexibility index (Phi) is 5.31. The minimum Gasteiger partial charge on any atom is -0.497 e. The maximum Gasteiger partial charge on any atom is 0.203 e. The van der Waals surface area contributed by atoms with Crippen molar-refractivity contribution in [3.63, 3.8) is 0 Å². The van der Waals surface area contributed by atoms with E-state index in [-0.39, 0.29) is 0 Å². The first-order chi connectivity index (χ1) is 9.67. The SMILES string of the molecule is COc1ccc(CC[C@@H](C)NCc2nnc(N)s2)cc1. The lowest BCUT2D eigenvalue weighted by molar-refractivity contribution is 0.414. The highest BCUT2D eigenvalue weighted by Gasteiger charge is 2.05. The number of hydrogen-bond donors (Lipinski definition) is 2. The number of nitrogen functional groups attached to an aromatic ring is 1. The van der Waals surface area contributed by atoms with Crippen molar-refractivity contribution < 1.29 is 4.74 Å². The second kappa shape index (κ2) is 7.21. The van der Waals surface area contributed by atoms with E-state index in [9.17, 15) is 0 Å². The number of hydrogen-bond acceptors (Lipinski definition) is 6. The van der Waals surface area contributed by atoms with Crippen LogP contribution >= 0.6 is 11.3 Å². The van der Waals surface area contributed by atoms with Crippen LogP contribution in [0, 0.1) is 0 Å². The van der Waals surface area contributed by atoms with E-state index in [1.165, 1.54) is 16.9 Å². The number of benzene rings is 1. The summed E-state index contributed by atoms with van der Waals surface area (Å²) in [6.45, 7) is 2.90. The van der Waals surface area contributed by atoms with E-state index in [0.29, 0.717) is 11.2 Å². The second-order valence-corrected chi connectivity index (χ2v) is 5.80. The van der Waals surface area contributed by atoms with E-state index in [1.807, 2.05) is 12.1 Å². The van der Waals surface area contributed by atoms with Gasteiger partial charge >= 0.3 is 0 Å². The number of methoxy groups -OCH3 is 1. The maximum atomic E-state index is 5.55. The Balaban J connectivity index is 1.72. The number of ether oxygens (including phenoxy) is 1. The van der Waals surface area contributed by atoms with Crippen molar-refractivity contribution in [1.82, 2.24) is 15.5 Å².